The van der Waals surface area contributed by atoms with Crippen LogP contribution in [0.15, 0.2) is 46.8 Å². The Morgan fingerprint density at radius 1 is 1.30 bits per heavy atom. The van der Waals surface area contributed by atoms with Gasteiger partial charge in [-0.05, 0) is 23.9 Å². The van der Waals surface area contributed by atoms with Crippen molar-refractivity contribution in [3.8, 4) is 0 Å². The van der Waals surface area contributed by atoms with Crippen molar-refractivity contribution in [3.63, 3.8) is 0 Å². The number of benzene rings is 1. The third kappa shape index (κ3) is 3.44. The van der Waals surface area contributed by atoms with Crippen LogP contribution >= 0.6 is 23.1 Å². The normalized spacial score (nSPS) is 17.9. The molecule has 1 aromatic carbocycles. The highest BCUT2D eigenvalue weighted by Crippen LogP contribution is 2.20. The molecule has 0 spiro atoms. The fourth-order valence-electron chi connectivity index (χ4n) is 2.03. The summed E-state index contributed by atoms with van der Waals surface area (Å²) in [6, 6.07) is 13.1. The number of hydrogen-bond acceptors (Lipinski definition) is 4. The molecule has 2 aromatic rings. The topological polar surface area (TPSA) is 21.6 Å². The van der Waals surface area contributed by atoms with Gasteiger partial charge in [-0.1, -0.05) is 35.9 Å². The Morgan fingerprint density at radius 3 is 2.90 bits per heavy atom. The molecule has 0 fully saturated rings. The highest BCUT2D eigenvalue weighted by molar-refractivity contribution is 7.98. The Morgan fingerprint density at radius 2 is 2.15 bits per heavy atom. The molecule has 0 unspecified atom stereocenters. The van der Waals surface area contributed by atoms with Crippen LogP contribution in [0.2, 0.25) is 0 Å². The van der Waals surface area contributed by atoms with E-state index in [1.54, 1.807) is 11.3 Å². The van der Waals surface area contributed by atoms with Crippen LogP contribution in [0.1, 0.15) is 16.0 Å². The van der Waals surface area contributed by atoms with Gasteiger partial charge in [0.05, 0.1) is 10.9 Å². The van der Waals surface area contributed by atoms with Crippen LogP contribution in [-0.4, -0.2) is 24.3 Å². The number of thiophene rings is 1. The smallest absolute Gasteiger partial charge is 0.226 e. The van der Waals surface area contributed by atoms with Crippen molar-refractivity contribution in [2.75, 3.05) is 12.4 Å². The number of nitrogens with zero attached hydrogens (tertiary/aromatic N) is 1. The van der Waals surface area contributed by atoms with E-state index in [9.17, 15) is 0 Å². The first-order valence-corrected chi connectivity index (χ1v) is 8.72. The van der Waals surface area contributed by atoms with E-state index < -0.39 is 0 Å². The Hall–Kier alpha value is -1.26. The Balaban J connectivity index is 1.49. The van der Waals surface area contributed by atoms with Crippen molar-refractivity contribution in [2.45, 2.75) is 18.7 Å². The van der Waals surface area contributed by atoms with Gasteiger partial charge in [-0.2, -0.15) is 11.8 Å². The first kappa shape index (κ1) is 13.7. The zero-order valence-corrected chi connectivity index (χ0v) is 13.0. The molecule has 4 heteroatoms. The van der Waals surface area contributed by atoms with Gasteiger partial charge in [-0.25, -0.2) is 4.99 Å². The zero-order chi connectivity index (χ0) is 13.8. The number of aryl methyl sites for hydroxylation is 1. The Labute approximate surface area is 127 Å². The van der Waals surface area contributed by atoms with Crippen molar-refractivity contribution >= 4 is 29.0 Å². The van der Waals surface area contributed by atoms with Crippen LogP contribution in [0, 0.1) is 6.92 Å². The fourth-order valence-corrected chi connectivity index (χ4v) is 3.70. The first-order chi connectivity index (χ1) is 9.81. The van der Waals surface area contributed by atoms with Gasteiger partial charge in [-0.3, -0.25) is 0 Å². The Bertz CT molecular complexity index is 575. The van der Waals surface area contributed by atoms with Crippen LogP contribution < -0.4 is 0 Å². The quantitative estimate of drug-likeness (QED) is 0.828. The summed E-state index contributed by atoms with van der Waals surface area (Å²) in [5.74, 6) is 2.88. The maximum absolute atomic E-state index is 5.68. The fraction of sp³-hybridized carbons (Fsp3) is 0.312. The molecule has 0 aliphatic carbocycles. The number of hydrogen-bond donors (Lipinski definition) is 0. The molecule has 1 aliphatic heterocycles. The molecule has 0 saturated heterocycles. The maximum atomic E-state index is 5.68. The molecule has 2 nitrogen and oxygen atoms in total. The van der Waals surface area contributed by atoms with E-state index in [1.165, 1.54) is 11.1 Å². The second-order valence-electron chi connectivity index (χ2n) is 4.88. The average molecular weight is 303 g/mol. The molecular weight excluding hydrogens is 286 g/mol. The standard InChI is InChI=1S/C16H17NOS2/c1-12-4-6-13(7-5-12)10-19-11-14-9-18-16(17-14)15-3-2-8-20-15/h2-8,14H,9-11H2,1H3/t14-/m0/s1. The van der Waals surface area contributed by atoms with Gasteiger partial charge in [-0.15, -0.1) is 11.3 Å². The predicted octanol–water partition coefficient (Wildman–Crippen LogP) is 4.14. The summed E-state index contributed by atoms with van der Waals surface area (Å²) in [6.07, 6.45) is 0. The van der Waals surface area contributed by atoms with Crippen LogP contribution in [0.3, 0.4) is 0 Å². The van der Waals surface area contributed by atoms with Gasteiger partial charge in [0.25, 0.3) is 0 Å². The molecule has 104 valence electrons. The number of aliphatic imine (C=N–C) groups is 1. The predicted molar refractivity (Wildman–Crippen MR) is 87.9 cm³/mol. The highest BCUT2D eigenvalue weighted by atomic mass is 32.2. The average Bonchev–Trinajstić information content (AvgIpc) is 3.11. The van der Waals surface area contributed by atoms with Crippen LogP contribution in [-0.2, 0) is 10.5 Å². The summed E-state index contributed by atoms with van der Waals surface area (Å²) < 4.78 is 5.68. The first-order valence-electron chi connectivity index (χ1n) is 6.69. The largest absolute Gasteiger partial charge is 0.475 e. The molecule has 1 aliphatic rings. The molecule has 1 atom stereocenters. The van der Waals surface area contributed by atoms with E-state index in [4.69, 9.17) is 4.74 Å². The summed E-state index contributed by atoms with van der Waals surface area (Å²) in [5, 5.41) is 2.06. The second kappa shape index (κ2) is 6.46. The van der Waals surface area contributed by atoms with Crippen molar-refractivity contribution in [2.24, 2.45) is 4.99 Å². The summed E-state index contributed by atoms with van der Waals surface area (Å²) in [4.78, 5) is 5.80. The molecule has 0 amide bonds. The highest BCUT2D eigenvalue weighted by Gasteiger charge is 2.20. The lowest BCUT2D eigenvalue weighted by Gasteiger charge is -2.05. The van der Waals surface area contributed by atoms with Gasteiger partial charge < -0.3 is 4.74 Å². The molecule has 0 saturated carbocycles. The third-order valence-electron chi connectivity index (χ3n) is 3.14. The molecular formula is C16H17NOS2. The summed E-state index contributed by atoms with van der Waals surface area (Å²) >= 11 is 3.61. The van der Waals surface area contributed by atoms with Crippen LogP contribution in [0.25, 0.3) is 0 Å². The lowest BCUT2D eigenvalue weighted by atomic mass is 10.2. The van der Waals surface area contributed by atoms with Crippen molar-refractivity contribution < 1.29 is 4.74 Å². The molecule has 3 rings (SSSR count). The summed E-state index contributed by atoms with van der Waals surface area (Å²) in [5.41, 5.74) is 2.69. The van der Waals surface area contributed by atoms with Crippen molar-refractivity contribution in [1.82, 2.24) is 0 Å². The number of ether oxygens (including phenoxy) is 1. The monoisotopic (exact) mass is 303 g/mol. The minimum absolute atomic E-state index is 0.294. The molecule has 20 heavy (non-hydrogen) atoms. The van der Waals surface area contributed by atoms with E-state index in [0.29, 0.717) is 12.6 Å². The molecule has 0 N–H and O–H groups in total. The lowest BCUT2D eigenvalue weighted by molar-refractivity contribution is 0.326. The van der Waals surface area contributed by atoms with E-state index in [-0.39, 0.29) is 0 Å². The van der Waals surface area contributed by atoms with Crippen molar-refractivity contribution in [3.05, 3.63) is 57.8 Å². The Kier molecular flexibility index (Phi) is 4.43. The third-order valence-corrected chi connectivity index (χ3v) is 5.16. The van der Waals surface area contributed by atoms with E-state index in [1.807, 2.05) is 17.8 Å². The van der Waals surface area contributed by atoms with Crippen molar-refractivity contribution in [1.29, 1.82) is 0 Å². The second-order valence-corrected chi connectivity index (χ2v) is 6.86. The summed E-state index contributed by atoms with van der Waals surface area (Å²) in [6.45, 7) is 2.84. The minimum atomic E-state index is 0.294. The number of thioether (sulfide) groups is 1. The molecule has 0 bridgehead atoms. The lowest BCUT2D eigenvalue weighted by Crippen LogP contribution is -2.09. The summed E-state index contributed by atoms with van der Waals surface area (Å²) in [7, 11) is 0. The minimum Gasteiger partial charge on any atom is -0.475 e. The van der Waals surface area contributed by atoms with Gasteiger partial charge in [0.2, 0.25) is 5.90 Å². The molecule has 1 aromatic heterocycles. The maximum Gasteiger partial charge on any atom is 0.226 e. The zero-order valence-electron chi connectivity index (χ0n) is 11.4. The van der Waals surface area contributed by atoms with E-state index >= 15 is 0 Å². The van der Waals surface area contributed by atoms with Gasteiger partial charge in [0.1, 0.15) is 6.61 Å². The SMILES string of the molecule is Cc1ccc(CSC[C@@H]2COC(c3cccs3)=N2)cc1. The molecule has 0 radical (unpaired) electrons. The van der Waals surface area contributed by atoms with Crippen LogP contribution in [0.4, 0.5) is 0 Å². The van der Waals surface area contributed by atoms with Gasteiger partial charge in [0, 0.05) is 11.5 Å². The van der Waals surface area contributed by atoms with E-state index in [2.05, 4.69) is 47.6 Å². The van der Waals surface area contributed by atoms with Crippen LogP contribution in [0.5, 0.6) is 0 Å². The van der Waals surface area contributed by atoms with E-state index in [0.717, 1.165) is 22.3 Å². The number of rotatable bonds is 5. The van der Waals surface area contributed by atoms with Gasteiger partial charge in [0.15, 0.2) is 0 Å². The van der Waals surface area contributed by atoms with Gasteiger partial charge >= 0.3 is 0 Å². The molecule has 2 heterocycles.